The number of carbonyl (C=O) groups excluding carboxylic acids is 2. The molecule has 0 fully saturated rings. The lowest BCUT2D eigenvalue weighted by Crippen LogP contribution is -2.38. The first-order chi connectivity index (χ1) is 18.6. The van der Waals surface area contributed by atoms with Crippen molar-refractivity contribution in [3.63, 3.8) is 0 Å². The van der Waals surface area contributed by atoms with Crippen LogP contribution in [-0.4, -0.2) is 26.8 Å². The number of carbonyl (C=O) groups is 2. The van der Waals surface area contributed by atoms with E-state index in [1.807, 2.05) is 44.2 Å². The fourth-order valence-electron chi connectivity index (χ4n) is 3.97. The van der Waals surface area contributed by atoms with Crippen molar-refractivity contribution in [3.8, 4) is 0 Å². The van der Waals surface area contributed by atoms with Gasteiger partial charge in [0, 0.05) is 5.02 Å². The van der Waals surface area contributed by atoms with Crippen LogP contribution in [0.1, 0.15) is 34.5 Å². The number of anilines is 2. The van der Waals surface area contributed by atoms with Gasteiger partial charge in [0.2, 0.25) is 5.91 Å². The van der Waals surface area contributed by atoms with Crippen LogP contribution in [0.4, 0.5) is 11.4 Å². The largest absolute Gasteiger partial charge is 0.345 e. The van der Waals surface area contributed by atoms with Crippen molar-refractivity contribution >= 4 is 44.8 Å². The molecule has 0 aliphatic heterocycles. The van der Waals surface area contributed by atoms with E-state index in [1.165, 1.54) is 24.3 Å². The SMILES string of the molecule is Cc1ccc(S(=O)(=O)N(CC(=O)Nc2ccccc2C(=O)N[C@H](C)c2ccccc2)c2ccc(Cl)cc2)cc1. The van der Waals surface area contributed by atoms with Crippen LogP contribution in [0.2, 0.25) is 5.02 Å². The maximum absolute atomic E-state index is 13.6. The number of aryl methyl sites for hydroxylation is 1. The van der Waals surface area contributed by atoms with Crippen molar-refractivity contribution in [2.24, 2.45) is 0 Å². The van der Waals surface area contributed by atoms with E-state index in [9.17, 15) is 18.0 Å². The van der Waals surface area contributed by atoms with Gasteiger partial charge in [-0.15, -0.1) is 0 Å². The molecule has 0 spiro atoms. The number of para-hydroxylation sites is 1. The van der Waals surface area contributed by atoms with Crippen molar-refractivity contribution in [2.75, 3.05) is 16.2 Å². The maximum Gasteiger partial charge on any atom is 0.264 e. The summed E-state index contributed by atoms with van der Waals surface area (Å²) in [6, 6.07) is 28.4. The number of hydrogen-bond acceptors (Lipinski definition) is 4. The second-order valence-electron chi connectivity index (χ2n) is 9.00. The first kappa shape index (κ1) is 27.9. The van der Waals surface area contributed by atoms with E-state index in [1.54, 1.807) is 48.5 Å². The van der Waals surface area contributed by atoms with Crippen LogP contribution in [0, 0.1) is 6.92 Å². The Morgan fingerprint density at radius 2 is 1.46 bits per heavy atom. The van der Waals surface area contributed by atoms with Gasteiger partial charge in [-0.3, -0.25) is 13.9 Å². The Labute approximate surface area is 233 Å². The summed E-state index contributed by atoms with van der Waals surface area (Å²) in [5.41, 5.74) is 2.64. The number of rotatable bonds is 9. The van der Waals surface area contributed by atoms with Crippen LogP contribution in [-0.2, 0) is 14.8 Å². The molecule has 4 aromatic rings. The van der Waals surface area contributed by atoms with Crippen LogP contribution >= 0.6 is 11.6 Å². The Morgan fingerprint density at radius 3 is 2.13 bits per heavy atom. The highest BCUT2D eigenvalue weighted by Crippen LogP contribution is 2.26. The average Bonchev–Trinajstić information content (AvgIpc) is 2.93. The third kappa shape index (κ3) is 6.85. The molecule has 0 saturated heterocycles. The number of nitrogens with zero attached hydrogens (tertiary/aromatic N) is 1. The van der Waals surface area contributed by atoms with Gasteiger partial charge in [0.15, 0.2) is 0 Å². The van der Waals surface area contributed by atoms with Gasteiger partial charge in [0.05, 0.1) is 27.9 Å². The highest BCUT2D eigenvalue weighted by Gasteiger charge is 2.28. The number of nitrogens with one attached hydrogen (secondary N) is 2. The van der Waals surface area contributed by atoms with E-state index in [0.29, 0.717) is 5.02 Å². The molecule has 39 heavy (non-hydrogen) atoms. The minimum absolute atomic E-state index is 0.0468. The number of hydrogen-bond donors (Lipinski definition) is 2. The molecule has 1 atom stereocenters. The zero-order valence-electron chi connectivity index (χ0n) is 21.5. The third-order valence-corrected chi connectivity index (χ3v) is 8.14. The van der Waals surface area contributed by atoms with Crippen molar-refractivity contribution < 1.29 is 18.0 Å². The molecule has 2 amide bonds. The minimum Gasteiger partial charge on any atom is -0.345 e. The minimum atomic E-state index is -4.09. The molecule has 4 rings (SSSR count). The predicted molar refractivity (Wildman–Crippen MR) is 155 cm³/mol. The summed E-state index contributed by atoms with van der Waals surface area (Å²) in [5, 5.41) is 6.09. The van der Waals surface area contributed by atoms with Crippen molar-refractivity contribution in [3.05, 3.63) is 125 Å². The summed E-state index contributed by atoms with van der Waals surface area (Å²) in [4.78, 5) is 26.4. The molecule has 2 N–H and O–H groups in total. The maximum atomic E-state index is 13.6. The molecule has 7 nitrogen and oxygen atoms in total. The number of halogens is 1. The highest BCUT2D eigenvalue weighted by atomic mass is 35.5. The smallest absolute Gasteiger partial charge is 0.264 e. The van der Waals surface area contributed by atoms with Gasteiger partial charge in [0.25, 0.3) is 15.9 Å². The summed E-state index contributed by atoms with van der Waals surface area (Å²) >= 11 is 6.02. The zero-order valence-corrected chi connectivity index (χ0v) is 23.0. The molecular formula is C30H28ClN3O4S. The lowest BCUT2D eigenvalue weighted by Gasteiger charge is -2.24. The van der Waals surface area contributed by atoms with Crippen LogP contribution in [0.15, 0.2) is 108 Å². The van der Waals surface area contributed by atoms with Gasteiger partial charge in [-0.2, -0.15) is 0 Å². The Hall–Kier alpha value is -4.14. The Kier molecular flexibility index (Phi) is 8.69. The van der Waals surface area contributed by atoms with Gasteiger partial charge in [-0.25, -0.2) is 8.42 Å². The normalized spacial score (nSPS) is 11.9. The summed E-state index contributed by atoms with van der Waals surface area (Å²) < 4.78 is 28.2. The van der Waals surface area contributed by atoms with Crippen LogP contribution in [0.25, 0.3) is 0 Å². The zero-order chi connectivity index (χ0) is 28.0. The molecule has 0 saturated carbocycles. The lowest BCUT2D eigenvalue weighted by molar-refractivity contribution is -0.114. The van der Waals surface area contributed by atoms with Gasteiger partial charge >= 0.3 is 0 Å². The Morgan fingerprint density at radius 1 is 0.846 bits per heavy atom. The quantitative estimate of drug-likeness (QED) is 0.263. The van der Waals surface area contributed by atoms with E-state index in [0.717, 1.165) is 15.4 Å². The molecule has 0 radical (unpaired) electrons. The molecule has 200 valence electrons. The summed E-state index contributed by atoms with van der Waals surface area (Å²) in [5.74, 6) is -0.985. The van der Waals surface area contributed by atoms with E-state index in [4.69, 9.17) is 11.6 Å². The van der Waals surface area contributed by atoms with Crippen LogP contribution in [0.5, 0.6) is 0 Å². The van der Waals surface area contributed by atoms with Crippen LogP contribution < -0.4 is 14.9 Å². The molecule has 0 aliphatic carbocycles. The summed E-state index contributed by atoms with van der Waals surface area (Å²) in [6.07, 6.45) is 0. The van der Waals surface area contributed by atoms with Crippen molar-refractivity contribution in [2.45, 2.75) is 24.8 Å². The van der Waals surface area contributed by atoms with Crippen molar-refractivity contribution in [1.82, 2.24) is 5.32 Å². The second-order valence-corrected chi connectivity index (χ2v) is 11.3. The summed E-state index contributed by atoms with van der Waals surface area (Å²) in [6.45, 7) is 3.21. The highest BCUT2D eigenvalue weighted by molar-refractivity contribution is 7.92. The first-order valence-corrected chi connectivity index (χ1v) is 14.1. The fraction of sp³-hybridized carbons (Fsp3) is 0.133. The van der Waals surface area contributed by atoms with Gasteiger partial charge in [-0.05, 0) is 67.9 Å². The van der Waals surface area contributed by atoms with E-state index in [2.05, 4.69) is 10.6 Å². The third-order valence-electron chi connectivity index (χ3n) is 6.10. The fourth-order valence-corrected chi connectivity index (χ4v) is 5.52. The Balaban J connectivity index is 1.57. The van der Waals surface area contributed by atoms with Crippen LogP contribution in [0.3, 0.4) is 0 Å². The Bertz CT molecular complexity index is 1560. The van der Waals surface area contributed by atoms with E-state index < -0.39 is 22.5 Å². The van der Waals surface area contributed by atoms with Crippen molar-refractivity contribution in [1.29, 1.82) is 0 Å². The standard InChI is InChI=1S/C30H28ClN3O4S/c1-21-12-18-26(19-13-21)39(37,38)34(25-16-14-24(31)15-17-25)20-29(35)33-28-11-7-6-10-27(28)30(36)32-22(2)23-8-4-3-5-9-23/h3-19,22H,20H2,1-2H3,(H,32,36)(H,33,35)/t22-/m1/s1. The van der Waals surface area contributed by atoms with E-state index >= 15 is 0 Å². The monoisotopic (exact) mass is 561 g/mol. The van der Waals surface area contributed by atoms with E-state index in [-0.39, 0.29) is 33.8 Å². The van der Waals surface area contributed by atoms with Gasteiger partial charge in [-0.1, -0.05) is 71.8 Å². The molecule has 0 heterocycles. The number of benzene rings is 4. The molecular weight excluding hydrogens is 534 g/mol. The lowest BCUT2D eigenvalue weighted by atomic mass is 10.1. The first-order valence-electron chi connectivity index (χ1n) is 12.2. The predicted octanol–water partition coefficient (Wildman–Crippen LogP) is 5.97. The number of sulfonamides is 1. The molecule has 9 heteroatoms. The van der Waals surface area contributed by atoms with Gasteiger partial charge in [0.1, 0.15) is 6.54 Å². The summed E-state index contributed by atoms with van der Waals surface area (Å²) in [7, 11) is -4.09. The average molecular weight is 562 g/mol. The molecule has 0 aromatic heterocycles. The second kappa shape index (κ2) is 12.1. The molecule has 0 bridgehead atoms. The van der Waals surface area contributed by atoms with Gasteiger partial charge < -0.3 is 10.6 Å². The number of amides is 2. The molecule has 4 aromatic carbocycles. The molecule has 0 aliphatic rings. The molecule has 0 unspecified atom stereocenters. The topological polar surface area (TPSA) is 95.6 Å².